The molecule has 0 saturated carbocycles. The molecule has 0 aliphatic heterocycles. The van der Waals surface area contributed by atoms with E-state index in [0.717, 1.165) is 14.2 Å². The Morgan fingerprint density at radius 3 is 1.83 bits per heavy atom. The van der Waals surface area contributed by atoms with E-state index in [-0.39, 0.29) is 0 Å². The molecule has 104 valence electrons. The standard InChI is InChI=1S/C8H10F3NO6/c1-17-6(13)5(7(14)18-2)4(3-12(15)16)8(9,10)11/h4-5H,3H2,1-2H3/t4-/m1/s1. The molecule has 0 aliphatic carbocycles. The maximum absolute atomic E-state index is 12.6. The molecule has 0 heterocycles. The Kier molecular flexibility index (Phi) is 5.53. The van der Waals surface area contributed by atoms with Gasteiger partial charge in [-0.1, -0.05) is 0 Å². The highest BCUT2D eigenvalue weighted by molar-refractivity contribution is 5.95. The van der Waals surface area contributed by atoms with Crippen LogP contribution in [0.4, 0.5) is 13.2 Å². The third kappa shape index (κ3) is 4.18. The fraction of sp³-hybridized carbons (Fsp3) is 0.750. The minimum atomic E-state index is -5.11. The zero-order chi connectivity index (χ0) is 14.5. The van der Waals surface area contributed by atoms with Crippen molar-refractivity contribution in [3.05, 3.63) is 10.1 Å². The van der Waals surface area contributed by atoms with Crippen LogP contribution in [0.5, 0.6) is 0 Å². The maximum Gasteiger partial charge on any atom is 0.399 e. The van der Waals surface area contributed by atoms with Crippen LogP contribution in [-0.4, -0.2) is 43.8 Å². The number of halogens is 3. The molecule has 10 heteroatoms. The van der Waals surface area contributed by atoms with Gasteiger partial charge in [0.2, 0.25) is 6.54 Å². The summed E-state index contributed by atoms with van der Waals surface area (Å²) in [7, 11) is 1.52. The summed E-state index contributed by atoms with van der Waals surface area (Å²) in [5.74, 6) is -8.28. The summed E-state index contributed by atoms with van der Waals surface area (Å²) in [4.78, 5) is 31.2. The van der Waals surface area contributed by atoms with Crippen molar-refractivity contribution in [1.29, 1.82) is 0 Å². The number of hydrogen-bond donors (Lipinski definition) is 0. The third-order valence-corrected chi connectivity index (χ3v) is 2.08. The van der Waals surface area contributed by atoms with Crippen molar-refractivity contribution in [3.8, 4) is 0 Å². The second-order valence-corrected chi connectivity index (χ2v) is 3.19. The second-order valence-electron chi connectivity index (χ2n) is 3.19. The predicted molar refractivity (Wildman–Crippen MR) is 48.9 cm³/mol. The first-order valence-corrected chi connectivity index (χ1v) is 4.49. The van der Waals surface area contributed by atoms with Crippen molar-refractivity contribution in [2.75, 3.05) is 20.8 Å². The zero-order valence-corrected chi connectivity index (χ0v) is 9.39. The summed E-state index contributed by atoms with van der Waals surface area (Å²) in [6.07, 6.45) is -5.11. The number of nitrogens with zero attached hydrogens (tertiary/aromatic N) is 1. The van der Waals surface area contributed by atoms with Gasteiger partial charge < -0.3 is 9.47 Å². The van der Waals surface area contributed by atoms with Gasteiger partial charge >= 0.3 is 18.1 Å². The first-order valence-electron chi connectivity index (χ1n) is 4.49. The Balaban J connectivity index is 5.40. The summed E-state index contributed by atoms with van der Waals surface area (Å²) in [5.41, 5.74) is 0. The molecular formula is C8H10F3NO6. The molecule has 0 rings (SSSR count). The maximum atomic E-state index is 12.6. The first kappa shape index (κ1) is 16.1. The highest BCUT2D eigenvalue weighted by Gasteiger charge is 2.54. The van der Waals surface area contributed by atoms with Crippen LogP contribution in [0, 0.1) is 22.0 Å². The molecule has 0 amide bonds. The SMILES string of the molecule is COC(=O)C(C(=O)OC)[C@@H](C[N+](=O)[O-])C(F)(F)F. The van der Waals surface area contributed by atoms with Gasteiger partial charge in [0.05, 0.1) is 14.2 Å². The number of alkyl halides is 3. The second kappa shape index (κ2) is 6.17. The Morgan fingerprint density at radius 2 is 1.61 bits per heavy atom. The normalized spacial score (nSPS) is 13.0. The van der Waals surface area contributed by atoms with Gasteiger partial charge in [0.1, 0.15) is 5.92 Å². The number of nitro groups is 1. The molecule has 7 nitrogen and oxygen atoms in total. The van der Waals surface area contributed by atoms with Gasteiger partial charge in [-0.2, -0.15) is 13.2 Å². The average molecular weight is 273 g/mol. The minimum absolute atomic E-state index is 0.762. The quantitative estimate of drug-likeness (QED) is 0.311. The zero-order valence-electron chi connectivity index (χ0n) is 9.39. The van der Waals surface area contributed by atoms with Gasteiger partial charge in [-0.3, -0.25) is 19.7 Å². The average Bonchev–Trinajstić information content (AvgIpc) is 2.25. The van der Waals surface area contributed by atoms with Crippen LogP contribution >= 0.6 is 0 Å². The van der Waals surface area contributed by atoms with Crippen LogP contribution in [0.25, 0.3) is 0 Å². The number of methoxy groups -OCH3 is 2. The lowest BCUT2D eigenvalue weighted by atomic mass is 9.91. The van der Waals surface area contributed by atoms with Crippen LogP contribution in [-0.2, 0) is 19.1 Å². The van der Waals surface area contributed by atoms with E-state index in [1.807, 2.05) is 0 Å². The molecule has 0 aliphatic rings. The fourth-order valence-electron chi connectivity index (χ4n) is 1.24. The molecule has 0 aromatic carbocycles. The molecule has 0 fully saturated rings. The molecule has 0 saturated heterocycles. The summed E-state index contributed by atoms with van der Waals surface area (Å²) in [5, 5.41) is 10.2. The number of rotatable bonds is 5. The number of esters is 2. The van der Waals surface area contributed by atoms with Crippen LogP contribution in [0.2, 0.25) is 0 Å². The van der Waals surface area contributed by atoms with Crippen molar-refractivity contribution in [3.63, 3.8) is 0 Å². The summed E-state index contributed by atoms with van der Waals surface area (Å²) in [6.45, 7) is -1.63. The summed E-state index contributed by atoms with van der Waals surface area (Å²) >= 11 is 0. The highest BCUT2D eigenvalue weighted by Crippen LogP contribution is 2.33. The predicted octanol–water partition coefficient (Wildman–Crippen LogP) is 0.404. The lowest BCUT2D eigenvalue weighted by Crippen LogP contribution is -2.44. The Bertz CT molecular complexity index is 326. The van der Waals surface area contributed by atoms with E-state index in [4.69, 9.17) is 0 Å². The Labute approximate surface area is 99.0 Å². The number of ether oxygens (including phenoxy) is 2. The van der Waals surface area contributed by atoms with Crippen LogP contribution < -0.4 is 0 Å². The number of carbonyl (C=O) groups is 2. The van der Waals surface area contributed by atoms with E-state index < -0.39 is 41.4 Å². The van der Waals surface area contributed by atoms with E-state index in [1.54, 1.807) is 0 Å². The van der Waals surface area contributed by atoms with Gasteiger partial charge in [-0.25, -0.2) is 0 Å². The van der Waals surface area contributed by atoms with E-state index in [1.165, 1.54) is 0 Å². The molecular weight excluding hydrogens is 263 g/mol. The van der Waals surface area contributed by atoms with Gasteiger partial charge in [0.25, 0.3) is 0 Å². The molecule has 0 radical (unpaired) electrons. The smallest absolute Gasteiger partial charge is 0.399 e. The van der Waals surface area contributed by atoms with Crippen molar-refractivity contribution in [2.45, 2.75) is 6.18 Å². The van der Waals surface area contributed by atoms with Crippen LogP contribution in [0.1, 0.15) is 0 Å². The van der Waals surface area contributed by atoms with Gasteiger partial charge in [0.15, 0.2) is 5.92 Å². The summed E-state index contributed by atoms with van der Waals surface area (Å²) in [6, 6.07) is 0. The van der Waals surface area contributed by atoms with Gasteiger partial charge in [-0.05, 0) is 0 Å². The fourth-order valence-corrected chi connectivity index (χ4v) is 1.24. The van der Waals surface area contributed by atoms with E-state index >= 15 is 0 Å². The molecule has 18 heavy (non-hydrogen) atoms. The van der Waals surface area contributed by atoms with Crippen LogP contribution in [0.3, 0.4) is 0 Å². The minimum Gasteiger partial charge on any atom is -0.468 e. The largest absolute Gasteiger partial charge is 0.468 e. The summed E-state index contributed by atoms with van der Waals surface area (Å²) < 4.78 is 45.9. The Morgan fingerprint density at radius 1 is 1.22 bits per heavy atom. The molecule has 0 bridgehead atoms. The van der Waals surface area contributed by atoms with Crippen molar-refractivity contribution in [1.82, 2.24) is 0 Å². The number of hydrogen-bond acceptors (Lipinski definition) is 6. The molecule has 0 aromatic heterocycles. The third-order valence-electron chi connectivity index (χ3n) is 2.08. The van der Waals surface area contributed by atoms with Crippen molar-refractivity contribution < 1.29 is 37.2 Å². The molecule has 0 unspecified atom stereocenters. The first-order chi connectivity index (χ1) is 8.15. The number of carbonyl (C=O) groups excluding carboxylic acids is 2. The molecule has 0 spiro atoms. The van der Waals surface area contributed by atoms with Gasteiger partial charge in [-0.15, -0.1) is 0 Å². The van der Waals surface area contributed by atoms with Crippen LogP contribution in [0.15, 0.2) is 0 Å². The van der Waals surface area contributed by atoms with E-state index in [0.29, 0.717) is 0 Å². The topological polar surface area (TPSA) is 95.7 Å². The van der Waals surface area contributed by atoms with Crippen molar-refractivity contribution in [2.24, 2.45) is 11.8 Å². The Hall–Kier alpha value is -1.87. The van der Waals surface area contributed by atoms with Gasteiger partial charge in [0, 0.05) is 4.92 Å². The molecule has 0 N–H and O–H groups in total. The molecule has 1 atom stereocenters. The lowest BCUT2D eigenvalue weighted by molar-refractivity contribution is -0.499. The monoisotopic (exact) mass is 273 g/mol. The van der Waals surface area contributed by atoms with E-state index in [9.17, 15) is 32.9 Å². The lowest BCUT2D eigenvalue weighted by Gasteiger charge is -2.22. The molecule has 0 aromatic rings. The highest BCUT2D eigenvalue weighted by atomic mass is 19.4. The van der Waals surface area contributed by atoms with Crippen molar-refractivity contribution >= 4 is 11.9 Å². The van der Waals surface area contributed by atoms with E-state index in [2.05, 4.69) is 9.47 Å².